The van der Waals surface area contributed by atoms with Gasteiger partial charge < -0.3 is 27.9 Å². The molecule has 0 bridgehead atoms. The van der Waals surface area contributed by atoms with E-state index in [2.05, 4.69) is 380 Å². The SMILES string of the molecule is CC1(C)OB(c2ccc3cc(-c4nc(-c5ccccc5)cc(-c5ccccc5)n4)ccc3c2)OC1(C)C.CC1(C)OB(c2ccc3cc4cc(-c5nc(-c6ccc(-c7ccccc7)cc6)cc(-c6ccc(-c7ccccc7)cc6)n5)ccc4cc3c2)OC1(C)C.CC1(C)OB(c2cccc(-c3cccc(-c4nc(-c5ccccc5)cc(-c5ccccc5)n4)c3)c2)OC1(C)C. The van der Waals surface area contributed by atoms with Crippen molar-refractivity contribution in [1.29, 1.82) is 0 Å². The topological polar surface area (TPSA) is 133 Å². The molecule has 21 rings (SSSR count). The molecule has 3 aliphatic rings. The Kier molecular flexibility index (Phi) is 22.9. The van der Waals surface area contributed by atoms with Crippen LogP contribution in [0.3, 0.4) is 0 Å². The van der Waals surface area contributed by atoms with E-state index in [9.17, 15) is 0 Å². The molecule has 0 amide bonds. The number of nitrogens with zero attached hydrogens (tertiary/aromatic N) is 6. The van der Waals surface area contributed by atoms with Crippen molar-refractivity contribution < 1.29 is 27.9 Å². The maximum atomic E-state index is 6.35. The highest BCUT2D eigenvalue weighted by Gasteiger charge is 2.54. The molecule has 3 aromatic heterocycles. The molecule has 15 aromatic carbocycles. The summed E-state index contributed by atoms with van der Waals surface area (Å²) >= 11 is 0. The molecule has 0 saturated carbocycles. The fraction of sp³-hybridized carbons (Fsp3) is 0.158. The van der Waals surface area contributed by atoms with Crippen LogP contribution in [0.25, 0.3) is 167 Å². The molecule has 18 aromatic rings. The highest BCUT2D eigenvalue weighted by molar-refractivity contribution is 6.63. The molecule has 0 unspecified atom stereocenters. The van der Waals surface area contributed by atoms with E-state index in [4.69, 9.17) is 57.8 Å². The highest BCUT2D eigenvalue weighted by Crippen LogP contribution is 2.42. The van der Waals surface area contributed by atoms with Crippen molar-refractivity contribution in [2.45, 2.75) is 117 Å². The first-order valence-corrected chi connectivity index (χ1v) is 44.3. The van der Waals surface area contributed by atoms with Gasteiger partial charge in [0, 0.05) is 50.1 Å². The van der Waals surface area contributed by atoms with Crippen molar-refractivity contribution in [3.05, 3.63) is 382 Å². The minimum absolute atomic E-state index is 0.367. The molecule has 0 spiro atoms. The molecule has 3 saturated heterocycles. The molecular weight excluding hydrogens is 1580 g/mol. The summed E-state index contributed by atoms with van der Waals surface area (Å²) in [6, 6.07) is 132. The first-order valence-electron chi connectivity index (χ1n) is 44.3. The fourth-order valence-corrected chi connectivity index (χ4v) is 16.5. The second-order valence-corrected chi connectivity index (χ2v) is 36.6. The number of benzene rings is 15. The standard InChI is InChI=1S/C48H39BN2O2.C34H31BN2O2.C32H29BN2O2/c1-47(2)48(3,4)53-49(52-47)43-26-25-39-27-41-29-40(24-23-38(41)28-42(39)30-43)46-50-44(36-19-15-34(16-20-36)32-11-7-5-8-12-32)31-45(51-46)37-21-17-35(18-22-37)33-13-9-6-10-14-33;1-33(2)34(3,4)39-35(38-33)29-20-12-18-27(22-29)26-17-11-19-28(21-26)32-36-30(24-13-7-5-8-14-24)23-31(37-32)25-15-9-6-10-16-25;1-31(2)32(3,4)37-33(36-31)27-18-17-24-19-26(16-15-25(24)20-27)30-34-28(22-11-7-5-8-12-22)21-29(35-30)23-13-9-6-10-14-23/h5-31H,1-4H3;5-23H,1-4H3;5-21H,1-4H3. The van der Waals surface area contributed by atoms with Gasteiger partial charge in [-0.15, -0.1) is 0 Å². The summed E-state index contributed by atoms with van der Waals surface area (Å²) in [7, 11) is -1.18. The first kappa shape index (κ1) is 84.7. The Labute approximate surface area is 757 Å². The average Bonchev–Trinajstić information content (AvgIpc) is 1.67. The predicted octanol–water partition coefficient (Wildman–Crippen LogP) is 25.8. The van der Waals surface area contributed by atoms with Gasteiger partial charge in [-0.1, -0.05) is 334 Å². The lowest BCUT2D eigenvalue weighted by atomic mass is 9.78. The van der Waals surface area contributed by atoms with E-state index in [0.29, 0.717) is 17.5 Å². The number of aromatic nitrogens is 6. The van der Waals surface area contributed by atoms with Gasteiger partial charge in [0.05, 0.1) is 67.8 Å². The summed E-state index contributed by atoms with van der Waals surface area (Å²) < 4.78 is 37.8. The largest absolute Gasteiger partial charge is 0.494 e. The van der Waals surface area contributed by atoms with Crippen LogP contribution < -0.4 is 16.4 Å². The Morgan fingerprint density at radius 3 is 0.705 bits per heavy atom. The number of hydrogen-bond acceptors (Lipinski definition) is 12. The van der Waals surface area contributed by atoms with Gasteiger partial charge in [0.2, 0.25) is 0 Å². The fourth-order valence-electron chi connectivity index (χ4n) is 16.5. The summed E-state index contributed by atoms with van der Waals surface area (Å²) in [6.07, 6.45) is 0. The highest BCUT2D eigenvalue weighted by atomic mass is 16.7. The zero-order valence-electron chi connectivity index (χ0n) is 74.7. The normalized spacial score (nSPS) is 15.6. The third-order valence-electron chi connectivity index (χ3n) is 26.1. The van der Waals surface area contributed by atoms with Crippen molar-refractivity contribution >= 4 is 70.1 Å². The maximum absolute atomic E-state index is 6.35. The van der Waals surface area contributed by atoms with Crippen LogP contribution >= 0.6 is 0 Å². The number of rotatable bonds is 15. The average molecular weight is 1680 g/mol. The van der Waals surface area contributed by atoms with E-state index >= 15 is 0 Å². The van der Waals surface area contributed by atoms with Gasteiger partial charge in [-0.2, -0.15) is 0 Å². The quantitative estimate of drug-likeness (QED) is 0.0715. The van der Waals surface area contributed by atoms with Crippen LogP contribution in [0.1, 0.15) is 83.1 Å². The maximum Gasteiger partial charge on any atom is 0.494 e. The lowest BCUT2D eigenvalue weighted by Crippen LogP contribution is -2.41. The van der Waals surface area contributed by atoms with Gasteiger partial charge >= 0.3 is 21.4 Å². The molecule has 129 heavy (non-hydrogen) atoms. The first-order chi connectivity index (χ1) is 62.3. The van der Waals surface area contributed by atoms with Crippen LogP contribution in [0.5, 0.6) is 0 Å². The van der Waals surface area contributed by atoms with E-state index in [1.165, 1.54) is 22.3 Å². The summed E-state index contributed by atoms with van der Waals surface area (Å²) in [6.45, 7) is 25.0. The van der Waals surface area contributed by atoms with Gasteiger partial charge in [-0.25, -0.2) is 29.9 Å². The number of fused-ring (bicyclic) bond motifs is 3. The van der Waals surface area contributed by atoms with Gasteiger partial charge in [0.15, 0.2) is 17.5 Å². The zero-order chi connectivity index (χ0) is 88.8. The Hall–Kier alpha value is -13.7. The van der Waals surface area contributed by atoms with E-state index in [1.807, 2.05) is 84.9 Å². The third-order valence-corrected chi connectivity index (χ3v) is 26.1. The molecule has 6 heterocycles. The predicted molar refractivity (Wildman–Crippen MR) is 531 cm³/mol. The molecule has 3 aliphatic heterocycles. The molecule has 0 aliphatic carbocycles. The van der Waals surface area contributed by atoms with Crippen molar-refractivity contribution in [3.8, 4) is 135 Å². The van der Waals surface area contributed by atoms with Crippen LogP contribution in [0.2, 0.25) is 0 Å². The Bertz CT molecular complexity index is 6870. The third kappa shape index (κ3) is 18.0. The van der Waals surface area contributed by atoms with Crippen LogP contribution in [0.4, 0.5) is 0 Å². The zero-order valence-corrected chi connectivity index (χ0v) is 74.7. The molecule has 630 valence electrons. The molecule has 15 heteroatoms. The monoisotopic (exact) mass is 1680 g/mol. The summed E-state index contributed by atoms with van der Waals surface area (Å²) in [4.78, 5) is 30.3. The van der Waals surface area contributed by atoms with Gasteiger partial charge in [0.1, 0.15) is 0 Å². The lowest BCUT2D eigenvalue weighted by Gasteiger charge is -2.32. The Balaban J connectivity index is 0.000000128. The Morgan fingerprint density at radius 1 is 0.155 bits per heavy atom. The molecule has 0 atom stereocenters. The molecule has 3 fully saturated rings. The van der Waals surface area contributed by atoms with Gasteiger partial charge in [-0.05, 0) is 214 Å². The smallest absolute Gasteiger partial charge is 0.399 e. The molecule has 0 radical (unpaired) electrons. The molecule has 12 nitrogen and oxygen atoms in total. The summed E-state index contributed by atoms with van der Waals surface area (Å²) in [5.41, 5.74) is 22.3. The molecular formula is C114H99B3N6O6. The minimum Gasteiger partial charge on any atom is -0.399 e. The van der Waals surface area contributed by atoms with Crippen molar-refractivity contribution in [1.82, 2.24) is 29.9 Å². The van der Waals surface area contributed by atoms with Crippen molar-refractivity contribution in [2.75, 3.05) is 0 Å². The Morgan fingerprint density at radius 2 is 0.364 bits per heavy atom. The van der Waals surface area contributed by atoms with E-state index in [-0.39, 0.29) is 40.7 Å². The van der Waals surface area contributed by atoms with Gasteiger partial charge in [0.25, 0.3) is 0 Å². The lowest BCUT2D eigenvalue weighted by molar-refractivity contribution is 0.00578. The molecule has 0 N–H and O–H groups in total. The van der Waals surface area contributed by atoms with Gasteiger partial charge in [-0.3, -0.25) is 0 Å². The summed E-state index contributed by atoms with van der Waals surface area (Å²) in [5.74, 6) is 2.09. The van der Waals surface area contributed by atoms with Crippen molar-refractivity contribution in [2.24, 2.45) is 0 Å². The number of hydrogen-bond donors (Lipinski definition) is 0. The second-order valence-electron chi connectivity index (χ2n) is 36.6. The van der Waals surface area contributed by atoms with E-state index in [0.717, 1.165) is 144 Å². The van der Waals surface area contributed by atoms with Crippen molar-refractivity contribution in [3.63, 3.8) is 0 Å². The van der Waals surface area contributed by atoms with E-state index < -0.39 is 14.2 Å². The van der Waals surface area contributed by atoms with E-state index in [1.54, 1.807) is 0 Å². The van der Waals surface area contributed by atoms with Crippen LogP contribution in [-0.2, 0) is 27.9 Å². The van der Waals surface area contributed by atoms with Crippen LogP contribution in [0.15, 0.2) is 382 Å². The van der Waals surface area contributed by atoms with Crippen LogP contribution in [-0.4, -0.2) is 84.9 Å². The minimum atomic E-state index is -0.405. The second kappa shape index (κ2) is 34.8. The van der Waals surface area contributed by atoms with Crippen LogP contribution in [0, 0.1) is 0 Å². The summed E-state index contributed by atoms with van der Waals surface area (Å²) in [5, 5.41) is 6.83.